The molecule has 10 heteroatoms. The van der Waals surface area contributed by atoms with Crippen LogP contribution in [-0.4, -0.2) is 32.5 Å². The third kappa shape index (κ3) is 4.46. The Morgan fingerprint density at radius 3 is 2.61 bits per heavy atom. The van der Waals surface area contributed by atoms with E-state index < -0.39 is 20.9 Å². The lowest BCUT2D eigenvalue weighted by molar-refractivity contribution is -0.385. The fraction of sp³-hybridized carbons (Fsp3) is 0.278. The lowest BCUT2D eigenvalue weighted by Gasteiger charge is -2.12. The van der Waals surface area contributed by atoms with E-state index in [9.17, 15) is 23.3 Å². The minimum atomic E-state index is -3.85. The van der Waals surface area contributed by atoms with Gasteiger partial charge in [-0.05, 0) is 37.1 Å². The van der Waals surface area contributed by atoms with Gasteiger partial charge < -0.3 is 9.47 Å². The van der Waals surface area contributed by atoms with Crippen molar-refractivity contribution in [3.05, 3.63) is 63.7 Å². The predicted octanol–water partition coefficient (Wildman–Crippen LogP) is 2.40. The number of methoxy groups -OCH3 is 1. The van der Waals surface area contributed by atoms with Crippen LogP contribution in [0.3, 0.4) is 0 Å². The van der Waals surface area contributed by atoms with Crippen molar-refractivity contribution in [2.24, 2.45) is 0 Å². The Balaban J connectivity index is 1.81. The lowest BCUT2D eigenvalue weighted by atomic mass is 10.2. The molecule has 0 aliphatic heterocycles. The van der Waals surface area contributed by atoms with Crippen LogP contribution in [0, 0.1) is 10.1 Å². The van der Waals surface area contributed by atoms with Crippen molar-refractivity contribution >= 4 is 21.7 Å². The first-order chi connectivity index (χ1) is 13.3. The van der Waals surface area contributed by atoms with Crippen molar-refractivity contribution in [2.75, 3.05) is 7.11 Å². The number of nitrogens with one attached hydrogen (secondary N) is 1. The monoisotopic (exact) mass is 406 g/mol. The molecule has 9 nitrogen and oxygen atoms in total. The van der Waals surface area contributed by atoms with E-state index >= 15 is 0 Å². The zero-order valence-corrected chi connectivity index (χ0v) is 15.8. The fourth-order valence-electron chi connectivity index (χ4n) is 2.54. The van der Waals surface area contributed by atoms with Crippen LogP contribution in [0.5, 0.6) is 5.75 Å². The molecule has 1 aliphatic carbocycles. The highest BCUT2D eigenvalue weighted by Crippen LogP contribution is 2.29. The van der Waals surface area contributed by atoms with Gasteiger partial charge in [0.1, 0.15) is 17.3 Å². The average Bonchev–Trinajstić information content (AvgIpc) is 3.49. The van der Waals surface area contributed by atoms with Crippen LogP contribution in [0.1, 0.15) is 28.8 Å². The van der Waals surface area contributed by atoms with Gasteiger partial charge in [-0.15, -0.1) is 0 Å². The molecule has 1 N–H and O–H groups in total. The van der Waals surface area contributed by atoms with Crippen molar-refractivity contribution in [3.8, 4) is 5.75 Å². The van der Waals surface area contributed by atoms with Gasteiger partial charge in [0.25, 0.3) is 5.69 Å². The van der Waals surface area contributed by atoms with Gasteiger partial charge in [0.2, 0.25) is 10.0 Å². The van der Waals surface area contributed by atoms with Gasteiger partial charge in [0.15, 0.2) is 0 Å². The maximum absolute atomic E-state index is 12.5. The summed E-state index contributed by atoms with van der Waals surface area (Å²) in [5.41, 5.74) is 0.0649. The summed E-state index contributed by atoms with van der Waals surface area (Å²) < 4.78 is 37.8. The van der Waals surface area contributed by atoms with E-state index in [1.54, 1.807) is 6.07 Å². The summed E-state index contributed by atoms with van der Waals surface area (Å²) in [4.78, 5) is 22.7. The van der Waals surface area contributed by atoms with E-state index in [4.69, 9.17) is 9.47 Å². The average molecular weight is 406 g/mol. The Morgan fingerprint density at radius 2 is 1.96 bits per heavy atom. The number of nitro groups is 1. The van der Waals surface area contributed by atoms with Gasteiger partial charge in [-0.3, -0.25) is 10.1 Å². The second kappa shape index (κ2) is 7.95. The largest absolute Gasteiger partial charge is 0.495 e. The summed E-state index contributed by atoms with van der Waals surface area (Å²) in [6, 6.07) is 9.70. The highest BCUT2D eigenvalue weighted by atomic mass is 32.2. The quantitative estimate of drug-likeness (QED) is 0.405. The number of para-hydroxylation sites is 1. The summed E-state index contributed by atoms with van der Waals surface area (Å²) in [5.74, 6) is -0.702. The normalized spacial score (nSPS) is 13.8. The summed E-state index contributed by atoms with van der Waals surface area (Å²) in [7, 11) is -2.52. The SMILES string of the molecule is COc1ccc(C(=O)OCc2ccccc2[N+](=O)[O-])cc1S(=O)(=O)NC1CC1. The molecule has 0 saturated heterocycles. The van der Waals surface area contributed by atoms with Crippen molar-refractivity contribution < 1.29 is 27.6 Å². The maximum Gasteiger partial charge on any atom is 0.338 e. The van der Waals surface area contributed by atoms with Crippen molar-refractivity contribution in [1.82, 2.24) is 4.72 Å². The molecule has 0 amide bonds. The van der Waals surface area contributed by atoms with E-state index in [0.29, 0.717) is 0 Å². The molecule has 1 aliphatic rings. The van der Waals surface area contributed by atoms with Crippen molar-refractivity contribution in [2.45, 2.75) is 30.4 Å². The number of hydrogen-bond acceptors (Lipinski definition) is 7. The maximum atomic E-state index is 12.5. The number of ether oxygens (including phenoxy) is 2. The van der Waals surface area contributed by atoms with Gasteiger partial charge in [0.05, 0.1) is 23.2 Å². The van der Waals surface area contributed by atoms with Crippen LogP contribution in [0.15, 0.2) is 47.4 Å². The number of sulfonamides is 1. The van der Waals surface area contributed by atoms with Crippen LogP contribution in [-0.2, 0) is 21.4 Å². The Morgan fingerprint density at radius 1 is 1.25 bits per heavy atom. The molecule has 0 heterocycles. The molecule has 148 valence electrons. The third-order valence-electron chi connectivity index (χ3n) is 4.14. The number of hydrogen-bond donors (Lipinski definition) is 1. The van der Waals surface area contributed by atoms with E-state index in [1.165, 1.54) is 43.5 Å². The number of carbonyl (C=O) groups is 1. The fourth-order valence-corrected chi connectivity index (χ4v) is 4.04. The number of benzene rings is 2. The molecule has 1 fully saturated rings. The molecular formula is C18H18N2O7S. The molecule has 1 saturated carbocycles. The second-order valence-corrected chi connectivity index (χ2v) is 7.91. The Hall–Kier alpha value is -2.98. The Kier molecular flexibility index (Phi) is 5.61. The standard InChI is InChI=1S/C18H18N2O7S/c1-26-16-9-6-12(10-17(16)28(24,25)19-14-7-8-14)18(21)27-11-13-4-2-3-5-15(13)20(22)23/h2-6,9-10,14,19H,7-8,11H2,1H3. The molecular weight excluding hydrogens is 388 g/mol. The highest BCUT2D eigenvalue weighted by molar-refractivity contribution is 7.89. The molecule has 28 heavy (non-hydrogen) atoms. The first-order valence-corrected chi connectivity index (χ1v) is 9.90. The molecule has 2 aromatic carbocycles. The molecule has 0 radical (unpaired) electrons. The summed E-state index contributed by atoms with van der Waals surface area (Å²) >= 11 is 0. The predicted molar refractivity (Wildman–Crippen MR) is 98.6 cm³/mol. The second-order valence-electron chi connectivity index (χ2n) is 6.22. The molecule has 0 atom stereocenters. The highest BCUT2D eigenvalue weighted by Gasteiger charge is 2.30. The Bertz CT molecular complexity index is 1020. The summed E-state index contributed by atoms with van der Waals surface area (Å²) in [6.07, 6.45) is 1.53. The van der Waals surface area contributed by atoms with Gasteiger partial charge in [0, 0.05) is 12.1 Å². The van der Waals surface area contributed by atoms with Gasteiger partial charge in [-0.2, -0.15) is 0 Å². The van der Waals surface area contributed by atoms with Crippen LogP contribution in [0.2, 0.25) is 0 Å². The van der Waals surface area contributed by atoms with E-state index in [1.807, 2.05) is 0 Å². The summed E-state index contributed by atoms with van der Waals surface area (Å²) in [5, 5.41) is 11.0. The zero-order chi connectivity index (χ0) is 20.3. The first kappa shape index (κ1) is 19.8. The van der Waals surface area contributed by atoms with Crippen LogP contribution in [0.4, 0.5) is 5.69 Å². The van der Waals surface area contributed by atoms with Gasteiger partial charge >= 0.3 is 5.97 Å². The topological polar surface area (TPSA) is 125 Å². The number of esters is 1. The number of nitro benzene ring substituents is 1. The van der Waals surface area contributed by atoms with E-state index in [0.717, 1.165) is 12.8 Å². The van der Waals surface area contributed by atoms with Crippen LogP contribution >= 0.6 is 0 Å². The smallest absolute Gasteiger partial charge is 0.338 e. The van der Waals surface area contributed by atoms with Gasteiger partial charge in [-0.25, -0.2) is 17.9 Å². The molecule has 0 aromatic heterocycles. The van der Waals surface area contributed by atoms with Crippen LogP contribution < -0.4 is 9.46 Å². The van der Waals surface area contributed by atoms with Crippen molar-refractivity contribution in [1.29, 1.82) is 0 Å². The Labute approximate surface area is 161 Å². The summed E-state index contributed by atoms with van der Waals surface area (Å²) in [6.45, 7) is -0.315. The van der Waals surface area contributed by atoms with E-state index in [2.05, 4.69) is 4.72 Å². The number of carbonyl (C=O) groups excluding carboxylic acids is 1. The van der Waals surface area contributed by atoms with Crippen LogP contribution in [0.25, 0.3) is 0 Å². The lowest BCUT2D eigenvalue weighted by Crippen LogP contribution is -2.26. The van der Waals surface area contributed by atoms with E-state index in [-0.39, 0.29) is 40.1 Å². The van der Waals surface area contributed by atoms with Crippen molar-refractivity contribution in [3.63, 3.8) is 0 Å². The first-order valence-electron chi connectivity index (χ1n) is 8.41. The minimum absolute atomic E-state index is 0.00411. The third-order valence-corrected chi connectivity index (χ3v) is 5.68. The molecule has 0 spiro atoms. The number of rotatable bonds is 8. The number of nitrogens with zero attached hydrogens (tertiary/aromatic N) is 1. The molecule has 0 bridgehead atoms. The molecule has 0 unspecified atom stereocenters. The molecule has 2 aromatic rings. The minimum Gasteiger partial charge on any atom is -0.495 e. The molecule has 3 rings (SSSR count). The van der Waals surface area contributed by atoms with Gasteiger partial charge in [-0.1, -0.05) is 12.1 Å². The zero-order valence-electron chi connectivity index (χ0n) is 15.0.